The molecule has 0 radical (unpaired) electrons. The summed E-state index contributed by atoms with van der Waals surface area (Å²) in [6.07, 6.45) is 0. The highest BCUT2D eigenvalue weighted by Gasteiger charge is 2.24. The number of hydrogen-bond acceptors (Lipinski definition) is 5. The number of nitrogens with one attached hydrogen (secondary N) is 2. The van der Waals surface area contributed by atoms with Gasteiger partial charge in [0.05, 0.1) is 7.11 Å². The van der Waals surface area contributed by atoms with E-state index < -0.39 is 12.0 Å². The minimum absolute atomic E-state index is 0.0844. The van der Waals surface area contributed by atoms with E-state index in [4.69, 9.17) is 17.0 Å². The summed E-state index contributed by atoms with van der Waals surface area (Å²) in [5.74, 6) is -0.377. The van der Waals surface area contributed by atoms with E-state index in [0.29, 0.717) is 16.2 Å². The van der Waals surface area contributed by atoms with Crippen LogP contribution in [0.3, 0.4) is 0 Å². The summed E-state index contributed by atoms with van der Waals surface area (Å²) < 4.78 is 6.75. The highest BCUT2D eigenvalue weighted by Crippen LogP contribution is 2.19. The minimum atomic E-state index is -0.901. The molecule has 0 spiro atoms. The molecule has 2 N–H and O–H groups in total. The van der Waals surface area contributed by atoms with Gasteiger partial charge in [-0.2, -0.15) is 5.10 Å². The van der Waals surface area contributed by atoms with Gasteiger partial charge in [-0.15, -0.1) is 0 Å². The Balaban J connectivity index is 1.84. The van der Waals surface area contributed by atoms with Crippen molar-refractivity contribution in [3.8, 4) is 11.4 Å². The van der Waals surface area contributed by atoms with Crippen molar-refractivity contribution in [1.29, 1.82) is 0 Å². The second-order valence-corrected chi connectivity index (χ2v) is 6.63. The van der Waals surface area contributed by atoms with E-state index in [-0.39, 0.29) is 12.5 Å². The zero-order valence-electron chi connectivity index (χ0n) is 15.5. The smallest absolute Gasteiger partial charge is 0.333 e. The van der Waals surface area contributed by atoms with Gasteiger partial charge in [0.1, 0.15) is 6.54 Å². The van der Waals surface area contributed by atoms with Gasteiger partial charge < -0.3 is 10.1 Å². The number of carbonyl (C=O) groups is 2. The molecule has 3 aromatic rings. The number of esters is 1. The molecule has 1 heterocycles. The van der Waals surface area contributed by atoms with Crippen molar-refractivity contribution in [3.63, 3.8) is 0 Å². The largest absolute Gasteiger partial charge is 0.467 e. The number of aryl methyl sites for hydroxylation is 1. The monoisotopic (exact) mass is 396 g/mol. The van der Waals surface area contributed by atoms with E-state index in [1.165, 1.54) is 7.11 Å². The standard InChI is InChI=1S/C20H20N4O3S/c1-13-7-6-10-15(11-13)18-22-23-20(28)24(18)12-16(25)21-17(19(26)27-2)14-8-4-3-5-9-14/h3-11,17H,12H2,1-2H3,(H,21,25)(H,23,28). The Morgan fingerprint density at radius 3 is 2.64 bits per heavy atom. The van der Waals surface area contributed by atoms with E-state index in [1.54, 1.807) is 28.8 Å². The third kappa shape index (κ3) is 4.34. The van der Waals surface area contributed by atoms with Crippen molar-refractivity contribution in [2.75, 3.05) is 7.11 Å². The summed E-state index contributed by atoms with van der Waals surface area (Å²) in [7, 11) is 1.28. The molecule has 0 bridgehead atoms. The number of benzene rings is 2. The molecule has 1 unspecified atom stereocenters. The Morgan fingerprint density at radius 2 is 1.96 bits per heavy atom. The third-order valence-corrected chi connectivity index (χ3v) is 4.52. The first-order valence-corrected chi connectivity index (χ1v) is 9.05. The van der Waals surface area contributed by atoms with Crippen molar-refractivity contribution < 1.29 is 14.3 Å². The van der Waals surface area contributed by atoms with Crippen LogP contribution in [0, 0.1) is 11.7 Å². The summed E-state index contributed by atoms with van der Waals surface area (Å²) in [5.41, 5.74) is 2.54. The number of aromatic amines is 1. The van der Waals surface area contributed by atoms with Gasteiger partial charge in [0, 0.05) is 5.56 Å². The number of carbonyl (C=O) groups excluding carboxylic acids is 2. The lowest BCUT2D eigenvalue weighted by molar-refractivity contribution is -0.145. The average molecular weight is 396 g/mol. The van der Waals surface area contributed by atoms with Gasteiger partial charge in [0.15, 0.2) is 16.6 Å². The van der Waals surface area contributed by atoms with Gasteiger partial charge in [-0.1, -0.05) is 54.1 Å². The molecule has 0 aliphatic heterocycles. The quantitative estimate of drug-likeness (QED) is 0.494. The van der Waals surface area contributed by atoms with Crippen LogP contribution < -0.4 is 5.32 Å². The fourth-order valence-corrected chi connectivity index (χ4v) is 3.06. The second-order valence-electron chi connectivity index (χ2n) is 6.24. The number of ether oxygens (including phenoxy) is 1. The Hall–Kier alpha value is -3.26. The first-order valence-electron chi connectivity index (χ1n) is 8.64. The summed E-state index contributed by atoms with van der Waals surface area (Å²) in [4.78, 5) is 24.8. The molecule has 1 atom stereocenters. The maximum atomic E-state index is 12.7. The van der Waals surface area contributed by atoms with Gasteiger partial charge in [-0.25, -0.2) is 4.79 Å². The van der Waals surface area contributed by atoms with Crippen LogP contribution in [0.5, 0.6) is 0 Å². The van der Waals surface area contributed by atoms with Gasteiger partial charge in [0.25, 0.3) is 0 Å². The molecule has 8 heteroatoms. The van der Waals surface area contributed by atoms with Crippen LogP contribution in [-0.2, 0) is 20.9 Å². The van der Waals surface area contributed by atoms with E-state index in [1.807, 2.05) is 37.3 Å². The lowest BCUT2D eigenvalue weighted by atomic mass is 10.1. The van der Waals surface area contributed by atoms with Crippen molar-refractivity contribution in [2.45, 2.75) is 19.5 Å². The lowest BCUT2D eigenvalue weighted by Gasteiger charge is -2.17. The van der Waals surface area contributed by atoms with E-state index in [2.05, 4.69) is 15.5 Å². The third-order valence-electron chi connectivity index (χ3n) is 4.21. The van der Waals surface area contributed by atoms with Crippen LogP contribution in [0.25, 0.3) is 11.4 Å². The lowest BCUT2D eigenvalue weighted by Crippen LogP contribution is -2.36. The number of amides is 1. The van der Waals surface area contributed by atoms with Gasteiger partial charge in [0.2, 0.25) is 5.91 Å². The molecule has 144 valence electrons. The zero-order valence-corrected chi connectivity index (χ0v) is 16.3. The van der Waals surface area contributed by atoms with Crippen LogP contribution in [0.15, 0.2) is 54.6 Å². The highest BCUT2D eigenvalue weighted by atomic mass is 32.1. The van der Waals surface area contributed by atoms with E-state index in [9.17, 15) is 9.59 Å². The number of nitrogens with zero attached hydrogens (tertiary/aromatic N) is 2. The highest BCUT2D eigenvalue weighted by molar-refractivity contribution is 7.71. The first-order chi connectivity index (χ1) is 13.5. The SMILES string of the molecule is COC(=O)C(NC(=O)Cn1c(-c2cccc(C)c2)n[nH]c1=S)c1ccccc1. The Labute approximate surface area is 167 Å². The van der Waals surface area contributed by atoms with Crippen molar-refractivity contribution in [2.24, 2.45) is 0 Å². The molecule has 0 saturated carbocycles. The fourth-order valence-electron chi connectivity index (χ4n) is 2.86. The maximum Gasteiger partial charge on any atom is 0.333 e. The molecule has 0 fully saturated rings. The maximum absolute atomic E-state index is 12.7. The molecule has 1 aromatic heterocycles. The number of H-pyrrole nitrogens is 1. The van der Waals surface area contributed by atoms with Crippen LogP contribution in [0.1, 0.15) is 17.2 Å². The normalized spacial score (nSPS) is 11.6. The molecule has 7 nitrogen and oxygen atoms in total. The Kier molecular flexibility index (Phi) is 6.00. The number of aromatic nitrogens is 3. The van der Waals surface area contributed by atoms with E-state index >= 15 is 0 Å². The molecule has 0 saturated heterocycles. The second kappa shape index (κ2) is 8.62. The fraction of sp³-hybridized carbons (Fsp3) is 0.200. The number of rotatable bonds is 6. The van der Waals surface area contributed by atoms with Crippen molar-refractivity contribution >= 4 is 24.1 Å². The van der Waals surface area contributed by atoms with Gasteiger partial charge in [-0.05, 0) is 30.8 Å². The van der Waals surface area contributed by atoms with Gasteiger partial charge in [-0.3, -0.25) is 14.5 Å². The predicted molar refractivity (Wildman–Crippen MR) is 107 cm³/mol. The summed E-state index contributed by atoms with van der Waals surface area (Å²) in [6.45, 7) is 1.89. The summed E-state index contributed by atoms with van der Waals surface area (Å²) in [5, 5.41) is 9.68. The molecule has 2 aromatic carbocycles. The van der Waals surface area contributed by atoms with Crippen molar-refractivity contribution in [1.82, 2.24) is 20.1 Å². The topological polar surface area (TPSA) is 89.0 Å². The molecule has 0 aliphatic carbocycles. The number of methoxy groups -OCH3 is 1. The summed E-state index contributed by atoms with van der Waals surface area (Å²) >= 11 is 5.28. The van der Waals surface area contributed by atoms with Gasteiger partial charge >= 0.3 is 5.97 Å². The van der Waals surface area contributed by atoms with Crippen molar-refractivity contribution in [3.05, 3.63) is 70.5 Å². The van der Waals surface area contributed by atoms with Crippen LogP contribution in [-0.4, -0.2) is 33.8 Å². The Bertz CT molecular complexity index is 1040. The molecule has 0 aliphatic rings. The average Bonchev–Trinajstić information content (AvgIpc) is 3.06. The van der Waals surface area contributed by atoms with Crippen LogP contribution in [0.2, 0.25) is 0 Å². The molecular weight excluding hydrogens is 376 g/mol. The molecular formula is C20H20N4O3S. The van der Waals surface area contributed by atoms with Crippen LogP contribution in [0.4, 0.5) is 0 Å². The molecule has 28 heavy (non-hydrogen) atoms. The Morgan fingerprint density at radius 1 is 1.21 bits per heavy atom. The minimum Gasteiger partial charge on any atom is -0.467 e. The number of hydrogen-bond donors (Lipinski definition) is 2. The molecule has 1 amide bonds. The van der Waals surface area contributed by atoms with Crippen LogP contribution >= 0.6 is 12.2 Å². The molecule has 3 rings (SSSR count). The zero-order chi connectivity index (χ0) is 20.1. The predicted octanol–water partition coefficient (Wildman–Crippen LogP) is 2.95. The summed E-state index contributed by atoms with van der Waals surface area (Å²) in [6, 6.07) is 15.8. The van der Waals surface area contributed by atoms with E-state index in [0.717, 1.165) is 11.1 Å². The first kappa shape index (κ1) is 19.5.